The largest absolute Gasteiger partial charge is 0.455 e. The Hall–Kier alpha value is -0.910. The van der Waals surface area contributed by atoms with Crippen LogP contribution in [0.15, 0.2) is 12.2 Å². The van der Waals surface area contributed by atoms with E-state index in [1.165, 1.54) is 32.1 Å². The number of hydrogen-bond acceptors (Lipinski definition) is 5. The third kappa shape index (κ3) is 7.02. The third-order valence-corrected chi connectivity index (χ3v) is 4.27. The molecule has 4 atom stereocenters. The first kappa shape index (κ1) is 20.1. The summed E-state index contributed by atoms with van der Waals surface area (Å²) in [4.78, 5) is 11.6. The summed E-state index contributed by atoms with van der Waals surface area (Å²) in [6.07, 6.45) is 10.6. The number of hydrogen-bond donors (Lipinski definition) is 1. The number of esters is 1. The molecule has 1 heterocycles. The van der Waals surface area contributed by atoms with Crippen LogP contribution >= 0.6 is 0 Å². The lowest BCUT2D eigenvalue weighted by Crippen LogP contribution is -2.52. The lowest BCUT2D eigenvalue weighted by molar-refractivity contribution is -0.189. The number of carbonyl (C=O) groups excluding carboxylic acids is 1. The standard InChI is InChI=1S/C18H33NO4/c1-4-5-6-7-8-9-10-11-15-18(23-16(20)12-19)17(21-3)14(2)13-22-15/h10-11,14-15,17-18H,4-9,12-13,19H2,1-3H3/b11-10-/t14-,15-,17+,18-/m0/s1. The molecule has 1 aliphatic heterocycles. The Balaban J connectivity index is 2.53. The average molecular weight is 327 g/mol. The van der Waals surface area contributed by atoms with Gasteiger partial charge in [-0.1, -0.05) is 51.7 Å². The van der Waals surface area contributed by atoms with Gasteiger partial charge in [-0.2, -0.15) is 0 Å². The van der Waals surface area contributed by atoms with Crippen molar-refractivity contribution in [2.45, 2.75) is 70.7 Å². The van der Waals surface area contributed by atoms with E-state index in [1.54, 1.807) is 7.11 Å². The molecule has 0 aromatic carbocycles. The summed E-state index contributed by atoms with van der Waals surface area (Å²) in [5.74, 6) is -0.248. The van der Waals surface area contributed by atoms with Crippen molar-refractivity contribution < 1.29 is 19.0 Å². The fourth-order valence-electron chi connectivity index (χ4n) is 2.92. The predicted molar refractivity (Wildman–Crippen MR) is 91.2 cm³/mol. The van der Waals surface area contributed by atoms with Crippen molar-refractivity contribution in [2.24, 2.45) is 11.7 Å². The molecular formula is C18H33NO4. The molecule has 1 saturated heterocycles. The molecule has 0 saturated carbocycles. The zero-order valence-corrected chi connectivity index (χ0v) is 14.8. The maximum absolute atomic E-state index is 11.6. The molecule has 134 valence electrons. The van der Waals surface area contributed by atoms with Gasteiger partial charge < -0.3 is 19.9 Å². The van der Waals surface area contributed by atoms with Crippen molar-refractivity contribution in [3.63, 3.8) is 0 Å². The van der Waals surface area contributed by atoms with E-state index in [2.05, 4.69) is 13.0 Å². The Labute approximate surface area is 140 Å². The van der Waals surface area contributed by atoms with Crippen LogP contribution in [-0.4, -0.2) is 44.5 Å². The van der Waals surface area contributed by atoms with Gasteiger partial charge in [0, 0.05) is 13.0 Å². The quantitative estimate of drug-likeness (QED) is 0.379. The summed E-state index contributed by atoms with van der Waals surface area (Å²) in [5.41, 5.74) is 5.36. The number of nitrogens with two attached hydrogens (primary N) is 1. The summed E-state index contributed by atoms with van der Waals surface area (Å²) < 4.78 is 16.8. The average Bonchev–Trinajstić information content (AvgIpc) is 2.55. The molecule has 1 fully saturated rings. The van der Waals surface area contributed by atoms with Gasteiger partial charge in [-0.25, -0.2) is 0 Å². The molecule has 1 aliphatic rings. The number of carbonyl (C=O) groups is 1. The Kier molecular flexibility index (Phi) is 10.2. The highest BCUT2D eigenvalue weighted by molar-refractivity contribution is 5.71. The number of ether oxygens (including phenoxy) is 3. The number of unbranched alkanes of at least 4 members (excludes halogenated alkanes) is 5. The van der Waals surface area contributed by atoms with Gasteiger partial charge in [-0.3, -0.25) is 4.79 Å². The highest BCUT2D eigenvalue weighted by Gasteiger charge is 2.40. The molecule has 5 heteroatoms. The molecule has 0 aromatic rings. The SMILES string of the molecule is CCCCCCC/C=C\[C@@H]1OC[C@H](C)[C@@H](OC)[C@H]1OC(=O)CN. The van der Waals surface area contributed by atoms with Gasteiger partial charge in [-0.15, -0.1) is 0 Å². The van der Waals surface area contributed by atoms with Crippen LogP contribution in [0.1, 0.15) is 52.4 Å². The van der Waals surface area contributed by atoms with Gasteiger partial charge in [0.15, 0.2) is 6.10 Å². The van der Waals surface area contributed by atoms with E-state index in [9.17, 15) is 4.79 Å². The molecular weight excluding hydrogens is 294 g/mol. The molecule has 2 N–H and O–H groups in total. The number of methoxy groups -OCH3 is 1. The Morgan fingerprint density at radius 3 is 2.65 bits per heavy atom. The molecule has 0 bridgehead atoms. The van der Waals surface area contributed by atoms with E-state index < -0.39 is 12.1 Å². The third-order valence-electron chi connectivity index (χ3n) is 4.27. The van der Waals surface area contributed by atoms with Crippen LogP contribution in [0.4, 0.5) is 0 Å². The second-order valence-electron chi connectivity index (χ2n) is 6.27. The van der Waals surface area contributed by atoms with Gasteiger partial charge in [0.2, 0.25) is 0 Å². The first-order chi connectivity index (χ1) is 11.1. The topological polar surface area (TPSA) is 70.8 Å². The van der Waals surface area contributed by atoms with Crippen LogP contribution in [0.25, 0.3) is 0 Å². The highest BCUT2D eigenvalue weighted by atomic mass is 16.6. The summed E-state index contributed by atoms with van der Waals surface area (Å²) in [6.45, 7) is 4.72. The minimum Gasteiger partial charge on any atom is -0.455 e. The fraction of sp³-hybridized carbons (Fsp3) is 0.833. The molecule has 5 nitrogen and oxygen atoms in total. The van der Waals surface area contributed by atoms with Gasteiger partial charge in [0.1, 0.15) is 12.2 Å². The van der Waals surface area contributed by atoms with Gasteiger partial charge >= 0.3 is 5.97 Å². The van der Waals surface area contributed by atoms with Gasteiger partial charge in [0.05, 0.1) is 13.2 Å². The molecule has 23 heavy (non-hydrogen) atoms. The van der Waals surface area contributed by atoms with Crippen molar-refractivity contribution >= 4 is 5.97 Å². The number of rotatable bonds is 10. The van der Waals surface area contributed by atoms with Crippen LogP contribution in [0, 0.1) is 5.92 Å². The Morgan fingerprint density at radius 1 is 1.26 bits per heavy atom. The maximum Gasteiger partial charge on any atom is 0.320 e. The smallest absolute Gasteiger partial charge is 0.320 e. The van der Waals surface area contributed by atoms with Crippen molar-refractivity contribution in [3.05, 3.63) is 12.2 Å². The molecule has 0 aliphatic carbocycles. The first-order valence-corrected chi connectivity index (χ1v) is 8.84. The zero-order valence-electron chi connectivity index (χ0n) is 14.8. The second kappa shape index (κ2) is 11.6. The molecule has 0 unspecified atom stereocenters. The lowest BCUT2D eigenvalue weighted by atomic mass is 9.93. The highest BCUT2D eigenvalue weighted by Crippen LogP contribution is 2.26. The van der Waals surface area contributed by atoms with E-state index >= 15 is 0 Å². The molecule has 1 rings (SSSR count). The molecule has 0 radical (unpaired) electrons. The summed E-state index contributed by atoms with van der Waals surface area (Å²) in [6, 6.07) is 0. The van der Waals surface area contributed by atoms with Crippen molar-refractivity contribution in [1.29, 1.82) is 0 Å². The molecule has 0 amide bonds. The van der Waals surface area contributed by atoms with Crippen LogP contribution in [-0.2, 0) is 19.0 Å². The van der Waals surface area contributed by atoms with Crippen LogP contribution in [0.3, 0.4) is 0 Å². The van der Waals surface area contributed by atoms with Crippen molar-refractivity contribution in [2.75, 3.05) is 20.3 Å². The van der Waals surface area contributed by atoms with Crippen molar-refractivity contribution in [3.8, 4) is 0 Å². The Morgan fingerprint density at radius 2 is 2.00 bits per heavy atom. The van der Waals surface area contributed by atoms with Gasteiger partial charge in [-0.05, 0) is 12.8 Å². The second-order valence-corrected chi connectivity index (χ2v) is 6.27. The van der Waals surface area contributed by atoms with E-state index in [1.807, 2.05) is 13.0 Å². The van der Waals surface area contributed by atoms with Crippen LogP contribution in [0.5, 0.6) is 0 Å². The predicted octanol–water partition coefficient (Wildman–Crippen LogP) is 2.82. The summed E-state index contributed by atoms with van der Waals surface area (Å²) >= 11 is 0. The van der Waals surface area contributed by atoms with E-state index in [0.29, 0.717) is 6.61 Å². The first-order valence-electron chi connectivity index (χ1n) is 8.84. The lowest BCUT2D eigenvalue weighted by Gasteiger charge is -2.39. The summed E-state index contributed by atoms with van der Waals surface area (Å²) in [5, 5.41) is 0. The maximum atomic E-state index is 11.6. The fourth-order valence-corrected chi connectivity index (χ4v) is 2.92. The van der Waals surface area contributed by atoms with Crippen LogP contribution < -0.4 is 5.73 Å². The minimum absolute atomic E-state index is 0.130. The molecule has 0 aromatic heterocycles. The van der Waals surface area contributed by atoms with E-state index in [-0.39, 0.29) is 24.7 Å². The minimum atomic E-state index is -0.434. The Bertz CT molecular complexity index is 359. The van der Waals surface area contributed by atoms with Crippen LogP contribution in [0.2, 0.25) is 0 Å². The molecule has 0 spiro atoms. The van der Waals surface area contributed by atoms with Gasteiger partial charge in [0.25, 0.3) is 0 Å². The van der Waals surface area contributed by atoms with E-state index in [4.69, 9.17) is 19.9 Å². The zero-order chi connectivity index (χ0) is 17.1. The normalized spacial score (nSPS) is 28.2. The number of allylic oxidation sites excluding steroid dienone is 1. The monoisotopic (exact) mass is 327 g/mol. The summed E-state index contributed by atoms with van der Waals surface area (Å²) in [7, 11) is 1.64. The van der Waals surface area contributed by atoms with Crippen molar-refractivity contribution in [1.82, 2.24) is 0 Å². The van der Waals surface area contributed by atoms with E-state index in [0.717, 1.165) is 6.42 Å².